The molecule has 0 radical (unpaired) electrons. The Bertz CT molecular complexity index is 1040. The zero-order chi connectivity index (χ0) is 22.5. The Morgan fingerprint density at radius 2 is 1.84 bits per heavy atom. The van der Waals surface area contributed by atoms with Gasteiger partial charge in [0.05, 0.1) is 6.04 Å². The molecule has 1 fully saturated rings. The van der Waals surface area contributed by atoms with Crippen LogP contribution in [0.25, 0.3) is 0 Å². The molecule has 8 nitrogen and oxygen atoms in total. The molecule has 1 aromatic heterocycles. The third kappa shape index (κ3) is 5.28. The van der Waals surface area contributed by atoms with E-state index in [-0.39, 0.29) is 24.4 Å². The molecule has 1 aliphatic rings. The van der Waals surface area contributed by atoms with E-state index in [4.69, 9.17) is 4.74 Å². The van der Waals surface area contributed by atoms with Crippen LogP contribution in [0.3, 0.4) is 0 Å². The van der Waals surface area contributed by atoms with Crippen molar-refractivity contribution in [3.05, 3.63) is 71.3 Å². The summed E-state index contributed by atoms with van der Waals surface area (Å²) < 4.78 is 20.9. The maximum atomic E-state index is 13.4. The predicted octanol–water partition coefficient (Wildman–Crippen LogP) is 2.93. The van der Waals surface area contributed by atoms with Gasteiger partial charge in [0.25, 0.3) is 5.91 Å². The van der Waals surface area contributed by atoms with Gasteiger partial charge in [-0.05, 0) is 66.2 Å². The summed E-state index contributed by atoms with van der Waals surface area (Å²) in [5.41, 5.74) is 1.57. The molecule has 9 heteroatoms. The molecule has 0 aliphatic carbocycles. The second kappa shape index (κ2) is 9.86. The van der Waals surface area contributed by atoms with Gasteiger partial charge in [0.1, 0.15) is 18.2 Å². The Morgan fingerprint density at radius 3 is 2.53 bits per heavy atom. The monoisotopic (exact) mass is 438 g/mol. The number of ether oxygens (including phenoxy) is 1. The second-order valence-electron chi connectivity index (χ2n) is 8.14. The molecule has 0 atom stereocenters. The van der Waals surface area contributed by atoms with E-state index >= 15 is 0 Å². The SMILES string of the molecule is CC(C)n1nnnc1COc1ccc(C(=O)N2CCN(Cc3cccc(F)c3)CC2)cc1. The first-order valence-corrected chi connectivity index (χ1v) is 10.8. The van der Waals surface area contributed by atoms with Crippen LogP contribution in [0.1, 0.15) is 41.6 Å². The highest BCUT2D eigenvalue weighted by atomic mass is 19.1. The number of carbonyl (C=O) groups is 1. The van der Waals surface area contributed by atoms with Gasteiger partial charge >= 0.3 is 0 Å². The lowest BCUT2D eigenvalue weighted by Crippen LogP contribution is -2.48. The number of tetrazole rings is 1. The van der Waals surface area contributed by atoms with Gasteiger partial charge in [-0.2, -0.15) is 0 Å². The Balaban J connectivity index is 1.28. The molecule has 0 unspecified atom stereocenters. The molecule has 168 valence electrons. The number of halogens is 1. The lowest BCUT2D eigenvalue weighted by Gasteiger charge is -2.34. The lowest BCUT2D eigenvalue weighted by atomic mass is 10.1. The summed E-state index contributed by atoms with van der Waals surface area (Å²) in [6, 6.07) is 13.9. The van der Waals surface area contributed by atoms with E-state index in [1.54, 1.807) is 41.1 Å². The molecular weight excluding hydrogens is 411 g/mol. The van der Waals surface area contributed by atoms with Crippen molar-refractivity contribution >= 4 is 5.91 Å². The van der Waals surface area contributed by atoms with Crippen molar-refractivity contribution in [3.8, 4) is 5.75 Å². The zero-order valence-corrected chi connectivity index (χ0v) is 18.3. The van der Waals surface area contributed by atoms with E-state index in [0.29, 0.717) is 36.8 Å². The van der Waals surface area contributed by atoms with Gasteiger partial charge < -0.3 is 9.64 Å². The fourth-order valence-electron chi connectivity index (χ4n) is 3.74. The highest BCUT2D eigenvalue weighted by Gasteiger charge is 2.22. The van der Waals surface area contributed by atoms with Gasteiger partial charge in [0, 0.05) is 38.3 Å². The van der Waals surface area contributed by atoms with Gasteiger partial charge in [0.15, 0.2) is 5.82 Å². The smallest absolute Gasteiger partial charge is 0.253 e. The summed E-state index contributed by atoms with van der Waals surface area (Å²) in [5.74, 6) is 1.09. The predicted molar refractivity (Wildman–Crippen MR) is 117 cm³/mol. The van der Waals surface area contributed by atoms with Gasteiger partial charge in [0.2, 0.25) is 0 Å². The lowest BCUT2D eigenvalue weighted by molar-refractivity contribution is 0.0628. The first-order valence-electron chi connectivity index (χ1n) is 10.8. The van der Waals surface area contributed by atoms with E-state index in [1.165, 1.54) is 6.07 Å². The highest BCUT2D eigenvalue weighted by molar-refractivity contribution is 5.94. The molecule has 1 saturated heterocycles. The average molecular weight is 439 g/mol. The molecule has 2 aromatic carbocycles. The van der Waals surface area contributed by atoms with Crippen LogP contribution in [0.15, 0.2) is 48.5 Å². The van der Waals surface area contributed by atoms with Crippen LogP contribution in [0.2, 0.25) is 0 Å². The number of rotatable bonds is 7. The minimum atomic E-state index is -0.220. The van der Waals surface area contributed by atoms with Crippen LogP contribution in [-0.4, -0.2) is 62.1 Å². The Labute approximate surface area is 186 Å². The molecule has 0 N–H and O–H groups in total. The van der Waals surface area contributed by atoms with Crippen LogP contribution in [0.4, 0.5) is 4.39 Å². The average Bonchev–Trinajstić information content (AvgIpc) is 3.27. The minimum absolute atomic E-state index is 0.00528. The number of benzene rings is 2. The van der Waals surface area contributed by atoms with Gasteiger partial charge in [-0.3, -0.25) is 9.69 Å². The van der Waals surface area contributed by atoms with Crippen molar-refractivity contribution in [2.45, 2.75) is 33.0 Å². The van der Waals surface area contributed by atoms with Crippen LogP contribution >= 0.6 is 0 Å². The third-order valence-corrected chi connectivity index (χ3v) is 5.47. The molecule has 1 aliphatic heterocycles. The van der Waals surface area contributed by atoms with Crippen LogP contribution in [0.5, 0.6) is 5.75 Å². The summed E-state index contributed by atoms with van der Waals surface area (Å²) in [7, 11) is 0. The summed E-state index contributed by atoms with van der Waals surface area (Å²) in [6.45, 7) is 7.75. The summed E-state index contributed by atoms with van der Waals surface area (Å²) in [6.07, 6.45) is 0. The van der Waals surface area contributed by atoms with Crippen LogP contribution < -0.4 is 4.74 Å². The summed E-state index contributed by atoms with van der Waals surface area (Å²) in [4.78, 5) is 17.0. The normalized spacial score (nSPS) is 14.7. The minimum Gasteiger partial charge on any atom is -0.486 e. The molecule has 0 saturated carbocycles. The van der Waals surface area contributed by atoms with Crippen molar-refractivity contribution in [1.29, 1.82) is 0 Å². The zero-order valence-electron chi connectivity index (χ0n) is 18.3. The van der Waals surface area contributed by atoms with E-state index in [1.807, 2.05) is 24.8 Å². The number of aromatic nitrogens is 4. The molecular formula is C23H27FN6O2. The molecule has 4 rings (SSSR count). The Kier molecular flexibility index (Phi) is 6.75. The van der Waals surface area contributed by atoms with Crippen molar-refractivity contribution in [1.82, 2.24) is 30.0 Å². The van der Waals surface area contributed by atoms with Gasteiger partial charge in [-0.1, -0.05) is 12.1 Å². The van der Waals surface area contributed by atoms with E-state index in [2.05, 4.69) is 20.4 Å². The summed E-state index contributed by atoms with van der Waals surface area (Å²) >= 11 is 0. The topological polar surface area (TPSA) is 76.4 Å². The number of amides is 1. The maximum absolute atomic E-state index is 13.4. The molecule has 2 heterocycles. The van der Waals surface area contributed by atoms with Crippen molar-refractivity contribution < 1.29 is 13.9 Å². The number of nitrogens with zero attached hydrogens (tertiary/aromatic N) is 6. The summed E-state index contributed by atoms with van der Waals surface area (Å²) in [5, 5.41) is 11.6. The van der Waals surface area contributed by atoms with Crippen molar-refractivity contribution in [2.75, 3.05) is 26.2 Å². The fraction of sp³-hybridized carbons (Fsp3) is 0.391. The first-order chi connectivity index (χ1) is 15.5. The largest absolute Gasteiger partial charge is 0.486 e. The number of piperazine rings is 1. The highest BCUT2D eigenvalue weighted by Crippen LogP contribution is 2.17. The first kappa shape index (κ1) is 21.9. The van der Waals surface area contributed by atoms with Gasteiger partial charge in [-0.15, -0.1) is 5.10 Å². The Hall–Kier alpha value is -3.33. The van der Waals surface area contributed by atoms with E-state index in [0.717, 1.165) is 18.7 Å². The standard InChI is InChI=1S/C23H27FN6O2/c1-17(2)30-22(25-26-27-30)16-32-21-8-6-19(7-9-21)23(31)29-12-10-28(11-13-29)15-18-4-3-5-20(24)14-18/h3-9,14,17H,10-13,15-16H2,1-2H3. The molecule has 0 spiro atoms. The third-order valence-electron chi connectivity index (χ3n) is 5.47. The molecule has 32 heavy (non-hydrogen) atoms. The van der Waals surface area contributed by atoms with E-state index < -0.39 is 0 Å². The number of hydrogen-bond acceptors (Lipinski definition) is 6. The molecule has 0 bridgehead atoms. The van der Waals surface area contributed by atoms with Gasteiger partial charge in [-0.25, -0.2) is 9.07 Å². The van der Waals surface area contributed by atoms with Crippen molar-refractivity contribution in [3.63, 3.8) is 0 Å². The number of carbonyl (C=O) groups excluding carboxylic acids is 1. The Morgan fingerprint density at radius 1 is 1.09 bits per heavy atom. The molecule has 1 amide bonds. The maximum Gasteiger partial charge on any atom is 0.253 e. The van der Waals surface area contributed by atoms with Crippen LogP contribution in [0, 0.1) is 5.82 Å². The second-order valence-corrected chi connectivity index (χ2v) is 8.14. The molecule has 3 aromatic rings. The quantitative estimate of drug-likeness (QED) is 0.565. The van der Waals surface area contributed by atoms with Crippen molar-refractivity contribution in [2.24, 2.45) is 0 Å². The number of hydrogen-bond donors (Lipinski definition) is 0. The fourth-order valence-corrected chi connectivity index (χ4v) is 3.74. The van der Waals surface area contributed by atoms with E-state index in [9.17, 15) is 9.18 Å². The van der Waals surface area contributed by atoms with Crippen LogP contribution in [-0.2, 0) is 13.2 Å².